The van der Waals surface area contributed by atoms with Gasteiger partial charge in [-0.3, -0.25) is 4.79 Å². The fourth-order valence-corrected chi connectivity index (χ4v) is 2.45. The van der Waals surface area contributed by atoms with Crippen molar-refractivity contribution in [3.05, 3.63) is 30.6 Å². The SMILES string of the molecule is CC(C)(C)C(=O)Nc1ccc(N2CCN(c3ncccn3)CC2)nn1. The fourth-order valence-electron chi connectivity index (χ4n) is 2.45. The van der Waals surface area contributed by atoms with Crippen molar-refractivity contribution in [3.63, 3.8) is 0 Å². The molecular weight excluding hydrogens is 318 g/mol. The highest BCUT2D eigenvalue weighted by molar-refractivity contribution is 5.93. The predicted molar refractivity (Wildman–Crippen MR) is 96.6 cm³/mol. The molecule has 1 aliphatic rings. The number of nitrogens with one attached hydrogen (secondary N) is 1. The Bertz CT molecular complexity index is 704. The minimum Gasteiger partial charge on any atom is -0.352 e. The maximum absolute atomic E-state index is 12.0. The lowest BCUT2D eigenvalue weighted by Crippen LogP contribution is -2.47. The van der Waals surface area contributed by atoms with Gasteiger partial charge in [0, 0.05) is 44.0 Å². The number of anilines is 3. The van der Waals surface area contributed by atoms with E-state index in [2.05, 4.69) is 35.3 Å². The third kappa shape index (κ3) is 4.20. The van der Waals surface area contributed by atoms with Gasteiger partial charge in [-0.1, -0.05) is 20.8 Å². The molecule has 2 aromatic rings. The fraction of sp³-hybridized carbons (Fsp3) is 0.471. The van der Waals surface area contributed by atoms with Crippen LogP contribution in [-0.2, 0) is 4.79 Å². The molecule has 0 aromatic carbocycles. The molecule has 0 atom stereocenters. The highest BCUT2D eigenvalue weighted by atomic mass is 16.2. The van der Waals surface area contributed by atoms with E-state index in [0.29, 0.717) is 5.82 Å². The summed E-state index contributed by atoms with van der Waals surface area (Å²) < 4.78 is 0. The minimum atomic E-state index is -0.462. The van der Waals surface area contributed by atoms with Crippen molar-refractivity contribution in [2.45, 2.75) is 20.8 Å². The van der Waals surface area contributed by atoms with Crippen LogP contribution in [0.2, 0.25) is 0 Å². The van der Waals surface area contributed by atoms with Crippen molar-refractivity contribution in [1.82, 2.24) is 20.2 Å². The van der Waals surface area contributed by atoms with E-state index < -0.39 is 5.41 Å². The molecule has 1 fully saturated rings. The number of carbonyl (C=O) groups is 1. The second-order valence-corrected chi connectivity index (χ2v) is 7.00. The average Bonchev–Trinajstić information content (AvgIpc) is 2.62. The molecule has 0 unspecified atom stereocenters. The van der Waals surface area contributed by atoms with Crippen LogP contribution in [0.1, 0.15) is 20.8 Å². The lowest BCUT2D eigenvalue weighted by Gasteiger charge is -2.35. The van der Waals surface area contributed by atoms with Gasteiger partial charge in [-0.25, -0.2) is 9.97 Å². The van der Waals surface area contributed by atoms with Crippen LogP contribution in [0, 0.1) is 5.41 Å². The van der Waals surface area contributed by atoms with Crippen LogP contribution in [0.4, 0.5) is 17.6 Å². The van der Waals surface area contributed by atoms with E-state index in [9.17, 15) is 4.79 Å². The van der Waals surface area contributed by atoms with E-state index in [0.717, 1.165) is 37.9 Å². The zero-order valence-corrected chi connectivity index (χ0v) is 14.8. The first-order chi connectivity index (χ1) is 11.9. The van der Waals surface area contributed by atoms with Crippen LogP contribution in [0.25, 0.3) is 0 Å². The van der Waals surface area contributed by atoms with Crippen LogP contribution in [-0.4, -0.2) is 52.3 Å². The van der Waals surface area contributed by atoms with Crippen LogP contribution in [0.5, 0.6) is 0 Å². The first-order valence-corrected chi connectivity index (χ1v) is 8.35. The predicted octanol–water partition coefficient (Wildman–Crippen LogP) is 1.58. The van der Waals surface area contributed by atoms with Crippen molar-refractivity contribution in [3.8, 4) is 0 Å². The van der Waals surface area contributed by atoms with Crippen molar-refractivity contribution in [2.24, 2.45) is 5.41 Å². The van der Waals surface area contributed by atoms with Crippen LogP contribution in [0.15, 0.2) is 30.6 Å². The second kappa shape index (κ2) is 7.00. The maximum Gasteiger partial charge on any atom is 0.230 e. The van der Waals surface area contributed by atoms with Crippen molar-refractivity contribution in [2.75, 3.05) is 41.3 Å². The first kappa shape index (κ1) is 17.1. The molecule has 1 N–H and O–H groups in total. The molecule has 0 spiro atoms. The van der Waals surface area contributed by atoms with Gasteiger partial charge in [0.2, 0.25) is 11.9 Å². The third-order valence-electron chi connectivity index (χ3n) is 4.01. The van der Waals surface area contributed by atoms with E-state index in [1.54, 1.807) is 18.5 Å². The quantitative estimate of drug-likeness (QED) is 0.907. The Labute approximate surface area is 147 Å². The van der Waals surface area contributed by atoms with Crippen molar-refractivity contribution >= 4 is 23.5 Å². The zero-order chi connectivity index (χ0) is 17.9. The van der Waals surface area contributed by atoms with Gasteiger partial charge in [-0.15, -0.1) is 10.2 Å². The molecule has 0 saturated carbocycles. The van der Waals surface area contributed by atoms with Crippen molar-refractivity contribution < 1.29 is 4.79 Å². The summed E-state index contributed by atoms with van der Waals surface area (Å²) in [6, 6.07) is 5.49. The standard InChI is InChI=1S/C17H23N7O/c1-17(2,3)15(25)20-13-5-6-14(22-21-13)23-9-11-24(12-10-23)16-18-7-4-8-19-16/h4-8H,9-12H2,1-3H3,(H,20,21,25). The van der Waals surface area contributed by atoms with Crippen molar-refractivity contribution in [1.29, 1.82) is 0 Å². The molecule has 2 aromatic heterocycles. The van der Waals surface area contributed by atoms with Crippen LogP contribution < -0.4 is 15.1 Å². The molecule has 8 heteroatoms. The number of piperazine rings is 1. The van der Waals surface area contributed by atoms with E-state index in [1.165, 1.54) is 0 Å². The molecule has 0 aliphatic carbocycles. The Morgan fingerprint density at radius 3 is 2.20 bits per heavy atom. The maximum atomic E-state index is 12.0. The number of amides is 1. The number of nitrogens with zero attached hydrogens (tertiary/aromatic N) is 6. The van der Waals surface area contributed by atoms with Gasteiger partial charge in [0.15, 0.2) is 11.6 Å². The van der Waals surface area contributed by atoms with Crippen LogP contribution in [0.3, 0.4) is 0 Å². The summed E-state index contributed by atoms with van der Waals surface area (Å²) in [4.78, 5) is 24.9. The van der Waals surface area contributed by atoms with Gasteiger partial charge >= 0.3 is 0 Å². The number of rotatable bonds is 3. The molecule has 1 amide bonds. The highest BCUT2D eigenvalue weighted by Gasteiger charge is 2.22. The number of aromatic nitrogens is 4. The van der Waals surface area contributed by atoms with Gasteiger partial charge in [0.05, 0.1) is 0 Å². The Morgan fingerprint density at radius 2 is 1.64 bits per heavy atom. The summed E-state index contributed by atoms with van der Waals surface area (Å²) in [5.74, 6) is 1.96. The Balaban J connectivity index is 1.58. The zero-order valence-electron chi connectivity index (χ0n) is 14.8. The van der Waals surface area contributed by atoms with E-state index in [4.69, 9.17) is 0 Å². The van der Waals surface area contributed by atoms with Gasteiger partial charge in [0.1, 0.15) is 0 Å². The monoisotopic (exact) mass is 341 g/mol. The molecule has 3 rings (SSSR count). The van der Waals surface area contributed by atoms with Gasteiger partial charge in [-0.2, -0.15) is 0 Å². The topological polar surface area (TPSA) is 87.1 Å². The van der Waals surface area contributed by atoms with E-state index >= 15 is 0 Å². The molecule has 1 saturated heterocycles. The average molecular weight is 341 g/mol. The molecule has 0 bridgehead atoms. The number of hydrogen-bond acceptors (Lipinski definition) is 7. The summed E-state index contributed by atoms with van der Waals surface area (Å²) in [5, 5.41) is 11.2. The normalized spacial score (nSPS) is 15.2. The van der Waals surface area contributed by atoms with Crippen LogP contribution >= 0.6 is 0 Å². The Hall–Kier alpha value is -2.77. The summed E-state index contributed by atoms with van der Waals surface area (Å²) in [6.45, 7) is 8.88. The lowest BCUT2D eigenvalue weighted by molar-refractivity contribution is -0.123. The van der Waals surface area contributed by atoms with Gasteiger partial charge in [-0.05, 0) is 18.2 Å². The molecule has 25 heavy (non-hydrogen) atoms. The van der Waals surface area contributed by atoms with E-state index in [-0.39, 0.29) is 5.91 Å². The summed E-state index contributed by atoms with van der Waals surface area (Å²) in [5.41, 5.74) is -0.462. The second-order valence-electron chi connectivity index (χ2n) is 7.00. The lowest BCUT2D eigenvalue weighted by atomic mass is 9.96. The largest absolute Gasteiger partial charge is 0.352 e. The molecule has 1 aliphatic heterocycles. The molecule has 8 nitrogen and oxygen atoms in total. The Kier molecular flexibility index (Phi) is 4.78. The number of carbonyl (C=O) groups excluding carboxylic acids is 1. The minimum absolute atomic E-state index is 0.0778. The summed E-state index contributed by atoms with van der Waals surface area (Å²) in [6.07, 6.45) is 3.51. The van der Waals surface area contributed by atoms with Gasteiger partial charge in [0.25, 0.3) is 0 Å². The Morgan fingerprint density at radius 1 is 1.00 bits per heavy atom. The number of hydrogen-bond donors (Lipinski definition) is 1. The summed E-state index contributed by atoms with van der Waals surface area (Å²) in [7, 11) is 0. The molecule has 0 radical (unpaired) electrons. The third-order valence-corrected chi connectivity index (χ3v) is 4.01. The molecule has 132 valence electrons. The first-order valence-electron chi connectivity index (χ1n) is 8.35. The molecular formula is C17H23N7O. The van der Waals surface area contributed by atoms with E-state index in [1.807, 2.05) is 32.9 Å². The smallest absolute Gasteiger partial charge is 0.230 e. The summed E-state index contributed by atoms with van der Waals surface area (Å²) >= 11 is 0. The van der Waals surface area contributed by atoms with Gasteiger partial charge < -0.3 is 15.1 Å². The molecule has 3 heterocycles. The highest BCUT2D eigenvalue weighted by Crippen LogP contribution is 2.18.